The smallest absolute Gasteiger partial charge is 0.256 e. The summed E-state index contributed by atoms with van der Waals surface area (Å²) in [6.45, 7) is 5.72. The molecule has 2 rings (SSSR count). The minimum absolute atomic E-state index is 0.0712. The highest BCUT2D eigenvalue weighted by Gasteiger charge is 2.27. The molecule has 0 spiro atoms. The van der Waals surface area contributed by atoms with Crippen molar-refractivity contribution in [2.75, 3.05) is 26.2 Å². The molecule has 1 aliphatic heterocycles. The molecule has 1 fully saturated rings. The number of hydrogen-bond donors (Lipinski definition) is 1. The summed E-state index contributed by atoms with van der Waals surface area (Å²) in [6.07, 6.45) is 0.663. The number of hydrogen-bond acceptors (Lipinski definition) is 3. The van der Waals surface area contributed by atoms with E-state index >= 15 is 0 Å². The van der Waals surface area contributed by atoms with Gasteiger partial charge in [-0.3, -0.25) is 9.59 Å². The van der Waals surface area contributed by atoms with E-state index in [0.717, 1.165) is 0 Å². The zero-order valence-electron chi connectivity index (χ0n) is 13.7. The highest BCUT2D eigenvalue weighted by atomic mass is 19.1. The lowest BCUT2D eigenvalue weighted by Crippen LogP contribution is -2.47. The van der Waals surface area contributed by atoms with Crippen LogP contribution < -0.4 is 5.73 Å². The van der Waals surface area contributed by atoms with E-state index in [1.165, 1.54) is 12.1 Å². The van der Waals surface area contributed by atoms with Gasteiger partial charge in [-0.15, -0.1) is 0 Å². The molecule has 2 N–H and O–H groups in total. The average molecular weight is 321 g/mol. The normalized spacial score (nSPS) is 17.1. The summed E-state index contributed by atoms with van der Waals surface area (Å²) in [5.41, 5.74) is 6.00. The van der Waals surface area contributed by atoms with E-state index in [0.29, 0.717) is 32.6 Å². The third kappa shape index (κ3) is 4.07. The fourth-order valence-electron chi connectivity index (χ4n) is 2.64. The van der Waals surface area contributed by atoms with Crippen LogP contribution in [0.3, 0.4) is 0 Å². The van der Waals surface area contributed by atoms with Crippen molar-refractivity contribution < 1.29 is 14.0 Å². The molecule has 0 unspecified atom stereocenters. The molecule has 2 amide bonds. The number of carbonyl (C=O) groups is 2. The van der Waals surface area contributed by atoms with Gasteiger partial charge in [0.25, 0.3) is 5.91 Å². The standard InChI is InChI=1S/C17H24FN3O2/c1-12(2)15(19)17(23)21-9-5-8-20(10-11-21)16(22)13-6-3-4-7-14(13)18/h3-4,6-7,12,15H,5,8-11,19H2,1-2H3/t15-/m0/s1. The summed E-state index contributed by atoms with van der Waals surface area (Å²) in [4.78, 5) is 28.1. The van der Waals surface area contributed by atoms with E-state index in [1.807, 2.05) is 13.8 Å². The molecule has 1 aliphatic rings. The van der Waals surface area contributed by atoms with Gasteiger partial charge in [-0.05, 0) is 24.5 Å². The Morgan fingerprint density at radius 1 is 1.09 bits per heavy atom. The van der Waals surface area contributed by atoms with Crippen LogP contribution in [0.15, 0.2) is 24.3 Å². The van der Waals surface area contributed by atoms with Gasteiger partial charge in [0, 0.05) is 26.2 Å². The highest BCUT2D eigenvalue weighted by molar-refractivity contribution is 5.94. The number of rotatable bonds is 3. The molecule has 6 heteroatoms. The van der Waals surface area contributed by atoms with Crippen LogP contribution in [0.4, 0.5) is 4.39 Å². The maximum Gasteiger partial charge on any atom is 0.256 e. The third-order valence-electron chi connectivity index (χ3n) is 4.20. The zero-order chi connectivity index (χ0) is 17.0. The molecule has 1 aromatic rings. The van der Waals surface area contributed by atoms with E-state index in [4.69, 9.17) is 5.73 Å². The fourth-order valence-corrected chi connectivity index (χ4v) is 2.64. The molecule has 1 saturated heterocycles. The second kappa shape index (κ2) is 7.55. The topological polar surface area (TPSA) is 66.6 Å². The van der Waals surface area contributed by atoms with Gasteiger partial charge in [0.05, 0.1) is 11.6 Å². The van der Waals surface area contributed by atoms with Crippen molar-refractivity contribution in [3.8, 4) is 0 Å². The summed E-state index contributed by atoms with van der Waals surface area (Å²) in [6, 6.07) is 5.44. The molecular formula is C17H24FN3O2. The summed E-state index contributed by atoms with van der Waals surface area (Å²) in [5.74, 6) is -0.857. The maximum atomic E-state index is 13.8. The molecule has 5 nitrogen and oxygen atoms in total. The molecule has 1 atom stereocenters. The van der Waals surface area contributed by atoms with Crippen LogP contribution in [0.1, 0.15) is 30.6 Å². The van der Waals surface area contributed by atoms with Crippen LogP contribution in [0.5, 0.6) is 0 Å². The Kier molecular flexibility index (Phi) is 5.71. The first-order chi connectivity index (χ1) is 10.9. The van der Waals surface area contributed by atoms with Gasteiger partial charge < -0.3 is 15.5 Å². The Hall–Kier alpha value is -1.95. The summed E-state index contributed by atoms with van der Waals surface area (Å²) >= 11 is 0. The molecule has 0 bridgehead atoms. The molecule has 0 aromatic heterocycles. The van der Waals surface area contributed by atoms with Crippen molar-refractivity contribution in [3.63, 3.8) is 0 Å². The van der Waals surface area contributed by atoms with Gasteiger partial charge in [0.1, 0.15) is 5.82 Å². The second-order valence-electron chi connectivity index (χ2n) is 6.22. The number of nitrogens with two attached hydrogens (primary N) is 1. The van der Waals surface area contributed by atoms with Gasteiger partial charge in [-0.1, -0.05) is 26.0 Å². The Bertz CT molecular complexity index is 577. The van der Waals surface area contributed by atoms with E-state index in [2.05, 4.69) is 0 Å². The molecule has 1 heterocycles. The first kappa shape index (κ1) is 17.4. The fraction of sp³-hybridized carbons (Fsp3) is 0.529. The zero-order valence-corrected chi connectivity index (χ0v) is 13.7. The largest absolute Gasteiger partial charge is 0.340 e. The van der Waals surface area contributed by atoms with Crippen LogP contribution in [0.2, 0.25) is 0 Å². The van der Waals surface area contributed by atoms with Gasteiger partial charge in [-0.25, -0.2) is 4.39 Å². The number of benzene rings is 1. The van der Waals surface area contributed by atoms with E-state index in [1.54, 1.807) is 21.9 Å². The van der Waals surface area contributed by atoms with Gasteiger partial charge in [0.15, 0.2) is 0 Å². The van der Waals surface area contributed by atoms with Crippen molar-refractivity contribution in [3.05, 3.63) is 35.6 Å². The van der Waals surface area contributed by atoms with Crippen molar-refractivity contribution in [1.82, 2.24) is 9.80 Å². The highest BCUT2D eigenvalue weighted by Crippen LogP contribution is 2.13. The van der Waals surface area contributed by atoms with Gasteiger partial charge >= 0.3 is 0 Å². The molecule has 23 heavy (non-hydrogen) atoms. The molecular weight excluding hydrogens is 297 g/mol. The first-order valence-corrected chi connectivity index (χ1v) is 8.00. The Labute approximate surface area is 136 Å². The predicted molar refractivity (Wildman–Crippen MR) is 86.3 cm³/mol. The Morgan fingerprint density at radius 2 is 1.70 bits per heavy atom. The van der Waals surface area contributed by atoms with Crippen LogP contribution in [0.25, 0.3) is 0 Å². The lowest BCUT2D eigenvalue weighted by atomic mass is 10.0. The summed E-state index contributed by atoms with van der Waals surface area (Å²) in [7, 11) is 0. The van der Waals surface area contributed by atoms with Crippen LogP contribution >= 0.6 is 0 Å². The first-order valence-electron chi connectivity index (χ1n) is 8.00. The number of nitrogens with zero attached hydrogens (tertiary/aromatic N) is 2. The maximum absolute atomic E-state index is 13.8. The van der Waals surface area contributed by atoms with Crippen LogP contribution in [-0.2, 0) is 4.79 Å². The molecule has 1 aromatic carbocycles. The van der Waals surface area contributed by atoms with Crippen molar-refractivity contribution in [1.29, 1.82) is 0 Å². The monoisotopic (exact) mass is 321 g/mol. The van der Waals surface area contributed by atoms with Gasteiger partial charge in [-0.2, -0.15) is 0 Å². The van der Waals surface area contributed by atoms with E-state index < -0.39 is 11.9 Å². The Balaban J connectivity index is 2.03. The predicted octanol–water partition coefficient (Wildman–Crippen LogP) is 1.48. The number of halogens is 1. The van der Waals surface area contributed by atoms with Crippen molar-refractivity contribution in [2.45, 2.75) is 26.3 Å². The molecule has 0 saturated carbocycles. The minimum atomic E-state index is -0.524. The molecule has 126 valence electrons. The molecule has 0 aliphatic carbocycles. The lowest BCUT2D eigenvalue weighted by molar-refractivity contribution is -0.133. The van der Waals surface area contributed by atoms with Crippen LogP contribution in [-0.4, -0.2) is 53.8 Å². The van der Waals surface area contributed by atoms with Crippen molar-refractivity contribution >= 4 is 11.8 Å². The lowest BCUT2D eigenvalue weighted by Gasteiger charge is -2.26. The van der Waals surface area contributed by atoms with Crippen molar-refractivity contribution in [2.24, 2.45) is 11.7 Å². The van der Waals surface area contributed by atoms with Gasteiger partial charge in [0.2, 0.25) is 5.91 Å². The van der Waals surface area contributed by atoms with E-state index in [-0.39, 0.29) is 23.3 Å². The van der Waals surface area contributed by atoms with E-state index in [9.17, 15) is 14.0 Å². The second-order valence-corrected chi connectivity index (χ2v) is 6.22. The minimum Gasteiger partial charge on any atom is -0.340 e. The molecule has 0 radical (unpaired) electrons. The summed E-state index contributed by atoms with van der Waals surface area (Å²) in [5, 5.41) is 0. The Morgan fingerprint density at radius 3 is 2.35 bits per heavy atom. The van der Waals surface area contributed by atoms with Crippen LogP contribution in [0, 0.1) is 11.7 Å². The number of carbonyl (C=O) groups excluding carboxylic acids is 2. The quantitative estimate of drug-likeness (QED) is 0.917. The average Bonchev–Trinajstić information content (AvgIpc) is 2.79. The summed E-state index contributed by atoms with van der Waals surface area (Å²) < 4.78 is 13.8. The number of amides is 2. The SMILES string of the molecule is CC(C)[C@H](N)C(=O)N1CCCN(C(=O)c2ccccc2F)CC1. The third-order valence-corrected chi connectivity index (χ3v) is 4.20.